The van der Waals surface area contributed by atoms with Crippen LogP contribution in [0.25, 0.3) is 0 Å². The Kier molecular flexibility index (Phi) is 7.31. The van der Waals surface area contributed by atoms with E-state index in [1.807, 2.05) is 6.92 Å². The van der Waals surface area contributed by atoms with E-state index in [-0.39, 0.29) is 0 Å². The van der Waals surface area contributed by atoms with Crippen molar-refractivity contribution in [2.24, 2.45) is 0 Å². The van der Waals surface area contributed by atoms with E-state index in [0.29, 0.717) is 12.0 Å². The van der Waals surface area contributed by atoms with Crippen LogP contribution in [0, 0.1) is 6.92 Å². The average molecular weight is 366 g/mol. The Morgan fingerprint density at radius 1 is 1.43 bits per heavy atom. The molecule has 0 saturated heterocycles. The Labute approximate surface area is 139 Å². The van der Waals surface area contributed by atoms with Crippen molar-refractivity contribution in [3.63, 3.8) is 0 Å². The molecule has 23 heavy (non-hydrogen) atoms. The summed E-state index contributed by atoms with van der Waals surface area (Å²) in [6, 6.07) is 0. The number of nitrogens with zero attached hydrogens (tertiary/aromatic N) is 1. The van der Waals surface area contributed by atoms with E-state index in [4.69, 9.17) is 25.6 Å². The zero-order valence-electron chi connectivity index (χ0n) is 13.8. The maximum Gasteiger partial charge on any atom is 0.330 e. The van der Waals surface area contributed by atoms with E-state index in [1.54, 1.807) is 20.8 Å². The lowest BCUT2D eigenvalue weighted by atomic mass is 10.2. The molecule has 2 N–H and O–H groups in total. The molecule has 0 aromatic carbocycles. The molecule has 3 unspecified atom stereocenters. The van der Waals surface area contributed by atoms with Crippen LogP contribution in [-0.4, -0.2) is 33.8 Å². The Hall–Kier alpha value is -0.830. The van der Waals surface area contributed by atoms with Crippen molar-refractivity contribution in [3.8, 4) is 0 Å². The van der Waals surface area contributed by atoms with Gasteiger partial charge in [-0.15, -0.1) is 0 Å². The van der Waals surface area contributed by atoms with Crippen molar-refractivity contribution >= 4 is 18.5 Å². The maximum atomic E-state index is 11.9. The molecular formula is C13H23N2O6PS. The fraction of sp³-hybridized carbons (Fsp3) is 0.692. The quantitative estimate of drug-likeness (QED) is 0.671. The molecule has 0 saturated carbocycles. The van der Waals surface area contributed by atoms with Crippen LogP contribution in [0.4, 0.5) is 0 Å². The van der Waals surface area contributed by atoms with Crippen LogP contribution in [-0.2, 0) is 25.6 Å². The van der Waals surface area contributed by atoms with E-state index in [0.717, 1.165) is 0 Å². The van der Waals surface area contributed by atoms with Crippen molar-refractivity contribution in [2.75, 3.05) is 7.11 Å². The summed E-state index contributed by atoms with van der Waals surface area (Å²) < 4.78 is 17.2. The molecule has 1 rings (SSSR count). The van der Waals surface area contributed by atoms with Gasteiger partial charge in [-0.25, -0.2) is 4.79 Å². The van der Waals surface area contributed by atoms with Crippen LogP contribution < -0.4 is 11.2 Å². The van der Waals surface area contributed by atoms with Crippen LogP contribution in [0.3, 0.4) is 0 Å². The van der Waals surface area contributed by atoms with E-state index in [9.17, 15) is 14.5 Å². The summed E-state index contributed by atoms with van der Waals surface area (Å²) in [4.78, 5) is 35.2. The molecule has 132 valence electrons. The molecule has 0 aliphatic heterocycles. The van der Waals surface area contributed by atoms with Gasteiger partial charge in [-0.05, 0) is 39.0 Å². The fourth-order valence-electron chi connectivity index (χ4n) is 2.03. The van der Waals surface area contributed by atoms with Crippen molar-refractivity contribution in [1.29, 1.82) is 0 Å². The predicted molar refractivity (Wildman–Crippen MR) is 90.0 cm³/mol. The molecule has 10 heteroatoms. The monoisotopic (exact) mass is 366 g/mol. The lowest BCUT2D eigenvalue weighted by molar-refractivity contribution is -0.0911. The second kappa shape index (κ2) is 8.32. The maximum absolute atomic E-state index is 11.9. The Balaban J connectivity index is 2.91. The SMILES string of the molecule is CC[C@H](OC(C)n1cc(C)c(=O)[nH]c1=O)C(C)OP(O)(=S)OC. The molecule has 8 nitrogen and oxygen atoms in total. The molecule has 0 radical (unpaired) electrons. The highest BCUT2D eigenvalue weighted by Gasteiger charge is 2.26. The predicted octanol–water partition coefficient (Wildman–Crippen LogP) is 1.43. The number of aryl methyl sites for hydroxylation is 1. The number of aromatic amines is 1. The zero-order chi connectivity index (χ0) is 17.8. The van der Waals surface area contributed by atoms with Gasteiger partial charge in [0.25, 0.3) is 5.56 Å². The second-order valence-electron chi connectivity index (χ2n) is 5.12. The first kappa shape index (κ1) is 20.2. The van der Waals surface area contributed by atoms with Gasteiger partial charge in [-0.2, -0.15) is 0 Å². The summed E-state index contributed by atoms with van der Waals surface area (Å²) in [5.74, 6) is 0. The zero-order valence-corrected chi connectivity index (χ0v) is 15.5. The minimum absolute atomic E-state index is 0.405. The van der Waals surface area contributed by atoms with Gasteiger partial charge in [0.2, 0.25) is 0 Å². The third-order valence-corrected chi connectivity index (χ3v) is 5.13. The summed E-state index contributed by atoms with van der Waals surface area (Å²) in [6.07, 6.45) is 0.428. The van der Waals surface area contributed by atoms with E-state index in [1.165, 1.54) is 17.9 Å². The first-order chi connectivity index (χ1) is 10.6. The van der Waals surface area contributed by atoms with Gasteiger partial charge in [-0.1, -0.05) is 6.92 Å². The summed E-state index contributed by atoms with van der Waals surface area (Å²) in [6.45, 7) is 3.57. The standard InChI is InChI=1S/C13H23N2O6PS/c1-6-11(9(3)21-22(18,23)19-5)20-10(4)15-7-8(2)12(16)14-13(15)17/h7,9-11H,6H2,1-5H3,(H,18,23)(H,14,16,17)/t9?,10?,11-,22?/m0/s1. The summed E-state index contributed by atoms with van der Waals surface area (Å²) in [5.41, 5.74) is -0.577. The number of aromatic nitrogens is 2. The van der Waals surface area contributed by atoms with Crippen molar-refractivity contribution in [1.82, 2.24) is 9.55 Å². The number of H-pyrrole nitrogens is 1. The molecule has 0 aliphatic rings. The van der Waals surface area contributed by atoms with Gasteiger partial charge < -0.3 is 18.7 Å². The number of nitrogens with one attached hydrogen (secondary N) is 1. The lowest BCUT2D eigenvalue weighted by Crippen LogP contribution is -2.36. The largest absolute Gasteiger partial charge is 0.352 e. The minimum atomic E-state index is -3.30. The molecule has 0 spiro atoms. The number of hydrogen-bond acceptors (Lipinski definition) is 6. The summed E-state index contributed by atoms with van der Waals surface area (Å²) >= 11 is 4.82. The topological polar surface area (TPSA) is 103 Å². The highest BCUT2D eigenvalue weighted by molar-refractivity contribution is 8.07. The third-order valence-electron chi connectivity index (χ3n) is 3.37. The van der Waals surface area contributed by atoms with E-state index in [2.05, 4.69) is 4.98 Å². The van der Waals surface area contributed by atoms with Gasteiger partial charge in [0.05, 0.1) is 12.2 Å². The van der Waals surface area contributed by atoms with Gasteiger partial charge in [-0.3, -0.25) is 14.3 Å². The normalized spacial score (nSPS) is 18.2. The Bertz CT molecular complexity index is 688. The molecule has 4 atom stereocenters. The lowest BCUT2D eigenvalue weighted by Gasteiger charge is -2.29. The highest BCUT2D eigenvalue weighted by Crippen LogP contribution is 2.44. The Morgan fingerprint density at radius 2 is 2.04 bits per heavy atom. The Morgan fingerprint density at radius 3 is 2.57 bits per heavy atom. The smallest absolute Gasteiger partial charge is 0.330 e. The summed E-state index contributed by atoms with van der Waals surface area (Å²) in [7, 11) is 1.28. The van der Waals surface area contributed by atoms with Gasteiger partial charge in [0.15, 0.2) is 0 Å². The first-order valence-corrected chi connectivity index (χ1v) is 9.74. The molecule has 0 fully saturated rings. The van der Waals surface area contributed by atoms with Crippen LogP contribution in [0.2, 0.25) is 0 Å². The molecule has 1 aromatic rings. The van der Waals surface area contributed by atoms with Crippen molar-refractivity contribution < 1.29 is 18.7 Å². The van der Waals surface area contributed by atoms with E-state index < -0.39 is 36.4 Å². The number of rotatable bonds is 8. The third kappa shape index (κ3) is 5.63. The van der Waals surface area contributed by atoms with Crippen LogP contribution in [0.15, 0.2) is 15.8 Å². The van der Waals surface area contributed by atoms with Crippen LogP contribution in [0.5, 0.6) is 0 Å². The molecule has 0 amide bonds. The molecule has 1 aromatic heterocycles. The van der Waals surface area contributed by atoms with Gasteiger partial charge in [0.1, 0.15) is 6.23 Å². The minimum Gasteiger partial charge on any atom is -0.352 e. The molecular weight excluding hydrogens is 343 g/mol. The number of ether oxygens (including phenoxy) is 1. The highest BCUT2D eigenvalue weighted by atomic mass is 32.5. The molecule has 1 heterocycles. The van der Waals surface area contributed by atoms with Crippen molar-refractivity contribution in [3.05, 3.63) is 32.6 Å². The fourth-order valence-corrected chi connectivity index (χ4v) is 3.08. The van der Waals surface area contributed by atoms with Crippen LogP contribution in [0.1, 0.15) is 39.0 Å². The molecule has 0 aliphatic carbocycles. The molecule has 0 bridgehead atoms. The first-order valence-electron chi connectivity index (χ1n) is 7.15. The van der Waals surface area contributed by atoms with E-state index >= 15 is 0 Å². The van der Waals surface area contributed by atoms with Gasteiger partial charge >= 0.3 is 12.4 Å². The number of hydrogen-bond donors (Lipinski definition) is 2. The average Bonchev–Trinajstić information content (AvgIpc) is 2.47. The summed E-state index contributed by atoms with van der Waals surface area (Å²) in [5, 5.41) is 0. The van der Waals surface area contributed by atoms with Crippen molar-refractivity contribution in [2.45, 2.75) is 52.6 Å². The second-order valence-corrected chi connectivity index (χ2v) is 8.02. The van der Waals surface area contributed by atoms with Crippen LogP contribution >= 0.6 is 6.72 Å². The van der Waals surface area contributed by atoms with Gasteiger partial charge in [0, 0.05) is 18.9 Å².